The van der Waals surface area contributed by atoms with Crippen molar-refractivity contribution in [1.29, 1.82) is 0 Å². The van der Waals surface area contributed by atoms with Crippen molar-refractivity contribution in [2.24, 2.45) is 0 Å². The van der Waals surface area contributed by atoms with Gasteiger partial charge in [-0.05, 0) is 12.8 Å². The molecule has 0 fully saturated rings. The molecule has 1 unspecified atom stereocenters. The van der Waals surface area contributed by atoms with E-state index in [2.05, 4.69) is 13.8 Å². The van der Waals surface area contributed by atoms with Crippen molar-refractivity contribution in [2.75, 3.05) is 7.11 Å². The second-order valence-electron chi connectivity index (χ2n) is 2.41. The van der Waals surface area contributed by atoms with Gasteiger partial charge in [0, 0.05) is 7.11 Å². The van der Waals surface area contributed by atoms with E-state index in [0.29, 0.717) is 6.10 Å². The summed E-state index contributed by atoms with van der Waals surface area (Å²) in [6.07, 6.45) is 5.46. The first kappa shape index (κ1) is 8.96. The average Bonchev–Trinajstić information content (AvgIpc) is 1.91. The predicted octanol–water partition coefficient (Wildman–Crippen LogP) is 2.60. The maximum atomic E-state index is 5.20. The number of methoxy groups -OCH3 is 1. The summed E-state index contributed by atoms with van der Waals surface area (Å²) in [4.78, 5) is 0. The van der Waals surface area contributed by atoms with Crippen LogP contribution in [0, 0.1) is 0 Å². The number of hydrogen-bond acceptors (Lipinski definition) is 1. The van der Waals surface area contributed by atoms with E-state index in [1.54, 1.807) is 7.11 Å². The van der Waals surface area contributed by atoms with Gasteiger partial charge in [-0.1, -0.05) is 26.7 Å². The molecular formula is C8H18O. The molecule has 0 aromatic rings. The van der Waals surface area contributed by atoms with Gasteiger partial charge >= 0.3 is 0 Å². The fourth-order valence-electron chi connectivity index (χ4n) is 0.920. The highest BCUT2D eigenvalue weighted by molar-refractivity contribution is 4.52. The fourth-order valence-corrected chi connectivity index (χ4v) is 0.920. The minimum absolute atomic E-state index is 0.505. The monoisotopic (exact) mass is 130 g/mol. The van der Waals surface area contributed by atoms with E-state index < -0.39 is 0 Å². The van der Waals surface area contributed by atoms with Crippen molar-refractivity contribution >= 4 is 0 Å². The van der Waals surface area contributed by atoms with Crippen LogP contribution in [0.15, 0.2) is 0 Å². The van der Waals surface area contributed by atoms with E-state index >= 15 is 0 Å². The van der Waals surface area contributed by atoms with Crippen molar-refractivity contribution in [2.45, 2.75) is 45.6 Å². The van der Waals surface area contributed by atoms with Crippen LogP contribution in [-0.4, -0.2) is 13.2 Å². The Kier molecular flexibility index (Phi) is 6.06. The molecule has 0 aliphatic heterocycles. The highest BCUT2D eigenvalue weighted by Crippen LogP contribution is 2.06. The molecule has 0 saturated heterocycles. The number of ether oxygens (including phenoxy) is 1. The quantitative estimate of drug-likeness (QED) is 0.556. The zero-order chi connectivity index (χ0) is 7.11. The highest BCUT2D eigenvalue weighted by atomic mass is 16.5. The Balaban J connectivity index is 3.09. The first-order chi connectivity index (χ1) is 4.35. The van der Waals surface area contributed by atoms with Crippen LogP contribution < -0.4 is 0 Å². The van der Waals surface area contributed by atoms with E-state index in [-0.39, 0.29) is 0 Å². The smallest absolute Gasteiger partial charge is 0.0568 e. The van der Waals surface area contributed by atoms with Gasteiger partial charge < -0.3 is 4.74 Å². The molecule has 0 N–H and O–H groups in total. The first-order valence-electron chi connectivity index (χ1n) is 3.87. The number of rotatable bonds is 5. The van der Waals surface area contributed by atoms with E-state index in [0.717, 1.165) is 6.42 Å². The van der Waals surface area contributed by atoms with Gasteiger partial charge in [0.1, 0.15) is 0 Å². The summed E-state index contributed by atoms with van der Waals surface area (Å²) >= 11 is 0. The molecule has 0 radical (unpaired) electrons. The molecule has 56 valence electrons. The molecule has 1 heteroatoms. The standard InChI is InChI=1S/C8H18O/c1-4-6-7-8(5-2)9-3/h8H,4-7H2,1-3H3. The normalized spacial score (nSPS) is 13.7. The van der Waals surface area contributed by atoms with Crippen LogP contribution in [0.25, 0.3) is 0 Å². The third kappa shape index (κ3) is 4.46. The van der Waals surface area contributed by atoms with Crippen LogP contribution in [0.5, 0.6) is 0 Å². The molecule has 0 aromatic heterocycles. The second-order valence-corrected chi connectivity index (χ2v) is 2.41. The lowest BCUT2D eigenvalue weighted by Gasteiger charge is -2.10. The maximum Gasteiger partial charge on any atom is 0.0568 e. The van der Waals surface area contributed by atoms with E-state index in [1.165, 1.54) is 19.3 Å². The summed E-state index contributed by atoms with van der Waals surface area (Å²) in [7, 11) is 1.80. The van der Waals surface area contributed by atoms with Crippen LogP contribution in [0.3, 0.4) is 0 Å². The van der Waals surface area contributed by atoms with Crippen molar-refractivity contribution in [3.05, 3.63) is 0 Å². The summed E-state index contributed by atoms with van der Waals surface area (Å²) in [5.41, 5.74) is 0. The molecule has 0 aliphatic carbocycles. The topological polar surface area (TPSA) is 9.23 Å². The highest BCUT2D eigenvalue weighted by Gasteiger charge is 2.00. The minimum atomic E-state index is 0.505. The molecule has 0 amide bonds. The van der Waals surface area contributed by atoms with E-state index in [4.69, 9.17) is 4.74 Å². The lowest BCUT2D eigenvalue weighted by Crippen LogP contribution is -2.07. The van der Waals surface area contributed by atoms with Crippen molar-refractivity contribution in [1.82, 2.24) is 0 Å². The fraction of sp³-hybridized carbons (Fsp3) is 1.00. The largest absolute Gasteiger partial charge is 0.381 e. The summed E-state index contributed by atoms with van der Waals surface area (Å²) < 4.78 is 5.20. The van der Waals surface area contributed by atoms with Crippen LogP contribution in [-0.2, 0) is 4.74 Å². The molecule has 1 nitrogen and oxygen atoms in total. The molecule has 0 bridgehead atoms. The Labute approximate surface area is 58.4 Å². The third-order valence-electron chi connectivity index (χ3n) is 1.67. The van der Waals surface area contributed by atoms with Crippen LogP contribution in [0.2, 0.25) is 0 Å². The summed E-state index contributed by atoms with van der Waals surface area (Å²) in [6, 6.07) is 0. The van der Waals surface area contributed by atoms with Gasteiger partial charge in [0.15, 0.2) is 0 Å². The maximum absolute atomic E-state index is 5.20. The van der Waals surface area contributed by atoms with Crippen LogP contribution >= 0.6 is 0 Å². The molecule has 0 saturated carbocycles. The van der Waals surface area contributed by atoms with Crippen molar-refractivity contribution in [3.8, 4) is 0 Å². The summed E-state index contributed by atoms with van der Waals surface area (Å²) in [5, 5.41) is 0. The first-order valence-corrected chi connectivity index (χ1v) is 3.87. The van der Waals surface area contributed by atoms with E-state index in [1.807, 2.05) is 0 Å². The molecule has 0 spiro atoms. The molecule has 1 atom stereocenters. The van der Waals surface area contributed by atoms with Crippen molar-refractivity contribution in [3.63, 3.8) is 0 Å². The Morgan fingerprint density at radius 1 is 1.33 bits per heavy atom. The van der Waals surface area contributed by atoms with Gasteiger partial charge in [-0.2, -0.15) is 0 Å². The third-order valence-corrected chi connectivity index (χ3v) is 1.67. The Morgan fingerprint density at radius 2 is 2.00 bits per heavy atom. The van der Waals surface area contributed by atoms with Crippen LogP contribution in [0.1, 0.15) is 39.5 Å². The van der Waals surface area contributed by atoms with Gasteiger partial charge in [-0.15, -0.1) is 0 Å². The number of unbranched alkanes of at least 4 members (excludes halogenated alkanes) is 1. The molecule has 0 aromatic carbocycles. The molecular weight excluding hydrogens is 112 g/mol. The Morgan fingerprint density at radius 3 is 2.33 bits per heavy atom. The Hall–Kier alpha value is -0.0400. The molecule has 0 heterocycles. The second kappa shape index (κ2) is 6.09. The molecule has 0 rings (SSSR count). The average molecular weight is 130 g/mol. The zero-order valence-electron chi connectivity index (χ0n) is 6.81. The van der Waals surface area contributed by atoms with Gasteiger partial charge in [-0.3, -0.25) is 0 Å². The van der Waals surface area contributed by atoms with E-state index in [9.17, 15) is 0 Å². The molecule has 9 heavy (non-hydrogen) atoms. The van der Waals surface area contributed by atoms with Gasteiger partial charge in [0.05, 0.1) is 6.10 Å². The van der Waals surface area contributed by atoms with Crippen molar-refractivity contribution < 1.29 is 4.74 Å². The zero-order valence-corrected chi connectivity index (χ0v) is 6.81. The number of hydrogen-bond donors (Lipinski definition) is 0. The lowest BCUT2D eigenvalue weighted by atomic mass is 10.1. The SMILES string of the molecule is CCCCC(CC)OC. The van der Waals surface area contributed by atoms with Crippen LogP contribution in [0.4, 0.5) is 0 Å². The lowest BCUT2D eigenvalue weighted by molar-refractivity contribution is 0.0902. The predicted molar refractivity (Wildman–Crippen MR) is 40.6 cm³/mol. The van der Waals surface area contributed by atoms with Gasteiger partial charge in [0.25, 0.3) is 0 Å². The summed E-state index contributed by atoms with van der Waals surface area (Å²) in [6.45, 7) is 4.38. The van der Waals surface area contributed by atoms with Gasteiger partial charge in [-0.25, -0.2) is 0 Å². The van der Waals surface area contributed by atoms with Gasteiger partial charge in [0.2, 0.25) is 0 Å². The Bertz CT molecular complexity index is 48.5. The molecule has 0 aliphatic rings. The minimum Gasteiger partial charge on any atom is -0.381 e. The summed E-state index contributed by atoms with van der Waals surface area (Å²) in [5.74, 6) is 0.